The summed E-state index contributed by atoms with van der Waals surface area (Å²) in [6.45, 7) is 0.475. The molecule has 0 fully saturated rings. The molecule has 17 heavy (non-hydrogen) atoms. The van der Waals surface area contributed by atoms with Gasteiger partial charge in [-0.1, -0.05) is 0 Å². The fraction of sp³-hybridized carbons (Fsp3) is 0.273. The highest BCUT2D eigenvalue weighted by Gasteiger charge is 2.04. The van der Waals surface area contributed by atoms with Crippen molar-refractivity contribution in [1.82, 2.24) is 5.32 Å². The number of carboxylic acid groups (broad SMARTS) is 1. The molecule has 0 aromatic heterocycles. The highest BCUT2D eigenvalue weighted by atomic mass is 127. The Balaban J connectivity index is 2.25. The van der Waals surface area contributed by atoms with Gasteiger partial charge in [-0.3, -0.25) is 9.59 Å². The maximum absolute atomic E-state index is 11.6. The largest absolute Gasteiger partial charge is 0.481 e. The molecule has 0 aliphatic heterocycles. The van der Waals surface area contributed by atoms with Crippen LogP contribution in [0.4, 0.5) is 0 Å². The first-order chi connectivity index (χ1) is 8.09. The number of halogens is 1. The van der Waals surface area contributed by atoms with E-state index < -0.39 is 5.97 Å². The lowest BCUT2D eigenvalue weighted by Crippen LogP contribution is -2.25. The molecule has 0 bridgehead atoms. The van der Waals surface area contributed by atoms with E-state index in [1.807, 2.05) is 12.1 Å². The predicted octanol–water partition coefficient (Wildman–Crippen LogP) is 1.84. The van der Waals surface area contributed by atoms with Crippen molar-refractivity contribution in [2.24, 2.45) is 0 Å². The van der Waals surface area contributed by atoms with Crippen LogP contribution in [0.2, 0.25) is 0 Å². The lowest BCUT2D eigenvalue weighted by atomic mass is 10.2. The van der Waals surface area contributed by atoms with Gasteiger partial charge in [-0.15, -0.1) is 11.8 Å². The number of carbonyl (C=O) groups excluding carboxylic acids is 1. The number of hydrogen-bond acceptors (Lipinski definition) is 3. The average molecular weight is 365 g/mol. The topological polar surface area (TPSA) is 66.4 Å². The molecular formula is C11H12INO3S. The van der Waals surface area contributed by atoms with E-state index in [1.54, 1.807) is 12.1 Å². The predicted molar refractivity (Wildman–Crippen MR) is 76.5 cm³/mol. The summed E-state index contributed by atoms with van der Waals surface area (Å²) >= 11 is 3.46. The average Bonchev–Trinajstić information content (AvgIpc) is 2.29. The normalized spacial score (nSPS) is 9.94. The Bertz CT molecular complexity index is 394. The van der Waals surface area contributed by atoms with Gasteiger partial charge < -0.3 is 10.4 Å². The highest BCUT2D eigenvalue weighted by molar-refractivity contribution is 14.1. The molecule has 0 spiro atoms. The van der Waals surface area contributed by atoms with Gasteiger partial charge in [0.05, 0.1) is 5.75 Å². The quantitative estimate of drug-likeness (QED) is 0.597. The van der Waals surface area contributed by atoms with E-state index in [2.05, 4.69) is 27.9 Å². The van der Waals surface area contributed by atoms with E-state index in [9.17, 15) is 9.59 Å². The summed E-state index contributed by atoms with van der Waals surface area (Å²) < 4.78 is 1.08. The lowest BCUT2D eigenvalue weighted by molar-refractivity contribution is -0.133. The van der Waals surface area contributed by atoms with Crippen LogP contribution >= 0.6 is 34.4 Å². The van der Waals surface area contributed by atoms with Gasteiger partial charge in [0.25, 0.3) is 5.91 Å². The standard InChI is InChI=1S/C11H12INO3S/c12-9-3-1-8(2-4-9)11(16)13-5-6-17-7-10(14)15/h1-4H,5-7H2,(H,13,16)(H,14,15). The van der Waals surface area contributed by atoms with E-state index in [4.69, 9.17) is 5.11 Å². The van der Waals surface area contributed by atoms with Crippen molar-refractivity contribution >= 4 is 46.2 Å². The van der Waals surface area contributed by atoms with Crippen LogP contribution in [0.3, 0.4) is 0 Å². The van der Waals surface area contributed by atoms with Crippen LogP contribution in [-0.4, -0.2) is 35.0 Å². The minimum Gasteiger partial charge on any atom is -0.481 e. The van der Waals surface area contributed by atoms with Crippen molar-refractivity contribution in [3.63, 3.8) is 0 Å². The number of rotatable bonds is 6. The molecule has 1 amide bonds. The molecule has 92 valence electrons. The molecule has 4 nitrogen and oxygen atoms in total. The van der Waals surface area contributed by atoms with Crippen molar-refractivity contribution in [2.45, 2.75) is 0 Å². The van der Waals surface area contributed by atoms with Crippen molar-refractivity contribution in [3.05, 3.63) is 33.4 Å². The van der Waals surface area contributed by atoms with Gasteiger partial charge in [-0.2, -0.15) is 0 Å². The van der Waals surface area contributed by atoms with Crippen LogP contribution in [0.25, 0.3) is 0 Å². The third-order valence-electron chi connectivity index (χ3n) is 1.86. The molecule has 0 saturated carbocycles. The maximum atomic E-state index is 11.6. The zero-order valence-corrected chi connectivity index (χ0v) is 12.0. The maximum Gasteiger partial charge on any atom is 0.313 e. The highest BCUT2D eigenvalue weighted by Crippen LogP contribution is 2.06. The smallest absolute Gasteiger partial charge is 0.313 e. The molecular weight excluding hydrogens is 353 g/mol. The van der Waals surface area contributed by atoms with E-state index in [0.717, 1.165) is 3.57 Å². The van der Waals surface area contributed by atoms with Crippen LogP contribution in [-0.2, 0) is 4.79 Å². The minimum absolute atomic E-state index is 0.0689. The van der Waals surface area contributed by atoms with Crippen LogP contribution < -0.4 is 5.32 Å². The fourth-order valence-corrected chi connectivity index (χ4v) is 2.02. The third-order valence-corrected chi connectivity index (χ3v) is 3.53. The summed E-state index contributed by atoms with van der Waals surface area (Å²) in [5.41, 5.74) is 0.619. The van der Waals surface area contributed by atoms with Crippen molar-refractivity contribution in [2.75, 3.05) is 18.1 Å². The third kappa shape index (κ3) is 5.92. The molecule has 1 aromatic rings. The number of nitrogens with one attached hydrogen (secondary N) is 1. The summed E-state index contributed by atoms with van der Waals surface area (Å²) in [5.74, 6) is -0.293. The molecule has 0 aliphatic carbocycles. The summed E-state index contributed by atoms with van der Waals surface area (Å²) in [7, 11) is 0. The molecule has 0 unspecified atom stereocenters. The van der Waals surface area contributed by atoms with Crippen molar-refractivity contribution in [3.8, 4) is 0 Å². The van der Waals surface area contributed by atoms with E-state index >= 15 is 0 Å². The monoisotopic (exact) mass is 365 g/mol. The van der Waals surface area contributed by atoms with E-state index in [-0.39, 0.29) is 11.7 Å². The van der Waals surface area contributed by atoms with Crippen LogP contribution in [0.1, 0.15) is 10.4 Å². The minimum atomic E-state index is -0.834. The lowest BCUT2D eigenvalue weighted by Gasteiger charge is -2.04. The molecule has 1 aromatic carbocycles. The molecule has 0 radical (unpaired) electrons. The number of benzene rings is 1. The number of aliphatic carboxylic acids is 1. The van der Waals surface area contributed by atoms with Gasteiger partial charge in [-0.25, -0.2) is 0 Å². The summed E-state index contributed by atoms with van der Waals surface area (Å²) in [6, 6.07) is 7.27. The van der Waals surface area contributed by atoms with Gasteiger partial charge in [-0.05, 0) is 46.9 Å². The Morgan fingerprint density at radius 1 is 1.29 bits per heavy atom. The van der Waals surface area contributed by atoms with Crippen LogP contribution in [0.5, 0.6) is 0 Å². The van der Waals surface area contributed by atoms with Gasteiger partial charge in [0.2, 0.25) is 0 Å². The first-order valence-corrected chi connectivity index (χ1v) is 7.16. The summed E-state index contributed by atoms with van der Waals surface area (Å²) in [6.07, 6.45) is 0. The molecule has 0 atom stereocenters. The number of carbonyl (C=O) groups is 2. The second-order valence-corrected chi connectivity index (χ2v) is 5.56. The van der Waals surface area contributed by atoms with Gasteiger partial charge in [0, 0.05) is 21.4 Å². The first kappa shape index (κ1) is 14.3. The number of hydrogen-bond donors (Lipinski definition) is 2. The van der Waals surface area contributed by atoms with Gasteiger partial charge in [0.1, 0.15) is 0 Å². The number of carboxylic acids is 1. The number of amides is 1. The van der Waals surface area contributed by atoms with Gasteiger partial charge in [0.15, 0.2) is 0 Å². The Morgan fingerprint density at radius 2 is 1.94 bits per heavy atom. The second kappa shape index (κ2) is 7.54. The molecule has 0 heterocycles. The zero-order chi connectivity index (χ0) is 12.7. The number of thioether (sulfide) groups is 1. The molecule has 6 heteroatoms. The Kier molecular flexibility index (Phi) is 6.35. The molecule has 1 rings (SSSR count). The Hall–Kier alpha value is -0.760. The van der Waals surface area contributed by atoms with E-state index in [1.165, 1.54) is 11.8 Å². The second-order valence-electron chi connectivity index (χ2n) is 3.21. The fourth-order valence-electron chi connectivity index (χ4n) is 1.10. The molecule has 0 saturated heterocycles. The molecule has 0 aliphatic rings. The summed E-state index contributed by atoms with van der Waals surface area (Å²) in [4.78, 5) is 21.9. The van der Waals surface area contributed by atoms with Crippen molar-refractivity contribution in [1.29, 1.82) is 0 Å². The van der Waals surface area contributed by atoms with Crippen LogP contribution in [0.15, 0.2) is 24.3 Å². The first-order valence-electron chi connectivity index (χ1n) is 4.93. The Labute approximate surface area is 117 Å². The zero-order valence-electron chi connectivity index (χ0n) is 8.98. The van der Waals surface area contributed by atoms with Crippen LogP contribution in [0, 0.1) is 3.57 Å². The summed E-state index contributed by atoms with van der Waals surface area (Å²) in [5, 5.41) is 11.2. The SMILES string of the molecule is O=C(O)CSCCNC(=O)c1ccc(I)cc1. The van der Waals surface area contributed by atoms with E-state index in [0.29, 0.717) is 17.9 Å². The molecule has 2 N–H and O–H groups in total. The Morgan fingerprint density at radius 3 is 2.53 bits per heavy atom. The van der Waals surface area contributed by atoms with Crippen molar-refractivity contribution < 1.29 is 14.7 Å². The van der Waals surface area contributed by atoms with Gasteiger partial charge >= 0.3 is 5.97 Å².